The molecule has 1 saturated heterocycles. The molecule has 9 heteroatoms. The van der Waals surface area contributed by atoms with Gasteiger partial charge >= 0.3 is 6.03 Å². The fraction of sp³-hybridized carbons (Fsp3) is 0.176. The third kappa shape index (κ3) is 2.93. The highest BCUT2D eigenvalue weighted by Gasteiger charge is 2.26. The average molecular weight is 433 g/mol. The molecule has 0 bridgehead atoms. The Balaban J connectivity index is 1.73. The molecule has 7 nitrogen and oxygen atoms in total. The minimum absolute atomic E-state index is 0.217. The molecule has 3 heterocycles. The number of carbonyl (C=O) groups excluding carboxylic acids is 2. The van der Waals surface area contributed by atoms with Gasteiger partial charge in [-0.2, -0.15) is 0 Å². The van der Waals surface area contributed by atoms with Gasteiger partial charge in [-0.25, -0.2) is 9.78 Å². The molecule has 1 aromatic carbocycles. The van der Waals surface area contributed by atoms with Crippen LogP contribution in [0.25, 0.3) is 21.3 Å². The standard InChI is InChI=1S/C17H13BrN4O3S/c18-11-3-1-10(2-4-11)12-8-26-15-14(12)16(24)21(9-20-15)7-13(23)22-6-5-19-17(22)25/h1-4,8-9H,5-7H2,(H,19,25). The molecule has 1 aliphatic rings. The molecule has 132 valence electrons. The van der Waals surface area contributed by atoms with Gasteiger partial charge in [-0.1, -0.05) is 28.1 Å². The maximum absolute atomic E-state index is 12.9. The molecule has 0 radical (unpaired) electrons. The van der Waals surface area contributed by atoms with Crippen LogP contribution in [0.3, 0.4) is 0 Å². The van der Waals surface area contributed by atoms with E-state index in [0.29, 0.717) is 23.3 Å². The molecule has 3 amide bonds. The van der Waals surface area contributed by atoms with Crippen molar-refractivity contribution in [2.75, 3.05) is 13.1 Å². The highest BCUT2D eigenvalue weighted by atomic mass is 79.9. The summed E-state index contributed by atoms with van der Waals surface area (Å²) in [5, 5.41) is 4.95. The first-order valence-electron chi connectivity index (χ1n) is 7.85. The van der Waals surface area contributed by atoms with E-state index in [0.717, 1.165) is 20.5 Å². The largest absolute Gasteiger partial charge is 0.336 e. The van der Waals surface area contributed by atoms with E-state index in [9.17, 15) is 14.4 Å². The smallest absolute Gasteiger partial charge is 0.324 e. The topological polar surface area (TPSA) is 84.3 Å². The summed E-state index contributed by atoms with van der Waals surface area (Å²) in [6.07, 6.45) is 1.36. The molecule has 1 N–H and O–H groups in total. The van der Waals surface area contributed by atoms with Crippen LogP contribution in [0.1, 0.15) is 0 Å². The van der Waals surface area contributed by atoms with Crippen molar-refractivity contribution in [3.05, 3.63) is 50.8 Å². The van der Waals surface area contributed by atoms with E-state index in [1.165, 1.54) is 22.2 Å². The number of aromatic nitrogens is 2. The van der Waals surface area contributed by atoms with E-state index >= 15 is 0 Å². The van der Waals surface area contributed by atoms with E-state index in [1.807, 2.05) is 29.6 Å². The second-order valence-corrected chi connectivity index (χ2v) is 7.57. The van der Waals surface area contributed by atoms with Gasteiger partial charge in [0, 0.05) is 28.5 Å². The SMILES string of the molecule is O=C(Cn1cnc2scc(-c3ccc(Br)cc3)c2c1=O)N1CCNC1=O. The number of rotatable bonds is 3. The minimum atomic E-state index is -0.428. The summed E-state index contributed by atoms with van der Waals surface area (Å²) >= 11 is 4.78. The third-order valence-electron chi connectivity index (χ3n) is 4.18. The van der Waals surface area contributed by atoms with Crippen molar-refractivity contribution in [1.82, 2.24) is 19.8 Å². The van der Waals surface area contributed by atoms with Crippen molar-refractivity contribution < 1.29 is 9.59 Å². The quantitative estimate of drug-likeness (QED) is 0.688. The Hall–Kier alpha value is -2.52. The Morgan fingerprint density at radius 1 is 1.27 bits per heavy atom. The zero-order valence-electron chi connectivity index (χ0n) is 13.4. The van der Waals surface area contributed by atoms with Gasteiger partial charge in [0.05, 0.1) is 11.7 Å². The Morgan fingerprint density at radius 3 is 2.73 bits per heavy atom. The van der Waals surface area contributed by atoms with Crippen molar-refractivity contribution in [3.8, 4) is 11.1 Å². The Labute approximate surface area is 160 Å². The molecule has 0 atom stereocenters. The fourth-order valence-corrected chi connectivity index (χ4v) is 4.03. The van der Waals surface area contributed by atoms with Crippen molar-refractivity contribution in [2.24, 2.45) is 0 Å². The molecule has 1 aliphatic heterocycles. The molecular weight excluding hydrogens is 420 g/mol. The Kier molecular flexibility index (Phi) is 4.33. The van der Waals surface area contributed by atoms with Gasteiger partial charge in [0.1, 0.15) is 11.4 Å². The van der Waals surface area contributed by atoms with E-state index in [1.54, 1.807) is 0 Å². The van der Waals surface area contributed by atoms with Gasteiger partial charge in [-0.3, -0.25) is 19.1 Å². The number of urea groups is 1. The van der Waals surface area contributed by atoms with E-state index in [2.05, 4.69) is 26.2 Å². The van der Waals surface area contributed by atoms with Gasteiger partial charge in [0.15, 0.2) is 0 Å². The van der Waals surface area contributed by atoms with Crippen LogP contribution in [-0.2, 0) is 11.3 Å². The summed E-state index contributed by atoms with van der Waals surface area (Å²) in [7, 11) is 0. The minimum Gasteiger partial charge on any atom is -0.336 e. The predicted molar refractivity (Wildman–Crippen MR) is 102 cm³/mol. The average Bonchev–Trinajstić information content (AvgIpc) is 3.25. The monoisotopic (exact) mass is 432 g/mol. The second-order valence-electron chi connectivity index (χ2n) is 5.79. The Bertz CT molecular complexity index is 1070. The number of nitrogens with one attached hydrogen (secondary N) is 1. The molecule has 1 fully saturated rings. The fourth-order valence-electron chi connectivity index (χ4n) is 2.86. The summed E-state index contributed by atoms with van der Waals surface area (Å²) in [5.74, 6) is -0.427. The molecule has 0 aliphatic carbocycles. The number of halogens is 1. The normalized spacial score (nSPS) is 14.0. The van der Waals surface area contributed by atoms with E-state index < -0.39 is 11.9 Å². The van der Waals surface area contributed by atoms with Gasteiger partial charge in [0.25, 0.3) is 11.5 Å². The first kappa shape index (κ1) is 16.9. The van der Waals surface area contributed by atoms with Gasteiger partial charge in [-0.05, 0) is 17.7 Å². The van der Waals surface area contributed by atoms with Gasteiger partial charge < -0.3 is 5.32 Å². The number of fused-ring (bicyclic) bond motifs is 1. The highest BCUT2D eigenvalue weighted by Crippen LogP contribution is 2.31. The van der Waals surface area contributed by atoms with Crippen molar-refractivity contribution in [2.45, 2.75) is 6.54 Å². The van der Waals surface area contributed by atoms with Crippen LogP contribution in [0.15, 0.2) is 45.2 Å². The lowest BCUT2D eigenvalue weighted by Crippen LogP contribution is -2.38. The van der Waals surface area contributed by atoms with Crippen LogP contribution in [0.4, 0.5) is 4.79 Å². The molecule has 0 saturated carbocycles. The van der Waals surface area contributed by atoms with E-state index in [4.69, 9.17) is 0 Å². The molecule has 3 aromatic rings. The summed E-state index contributed by atoms with van der Waals surface area (Å²) < 4.78 is 2.21. The molecule has 26 heavy (non-hydrogen) atoms. The van der Waals surface area contributed by atoms with Crippen molar-refractivity contribution in [1.29, 1.82) is 0 Å². The number of nitrogens with zero attached hydrogens (tertiary/aromatic N) is 3. The number of carbonyl (C=O) groups is 2. The zero-order valence-corrected chi connectivity index (χ0v) is 15.8. The summed E-state index contributed by atoms with van der Waals surface area (Å²) in [6, 6.07) is 7.22. The van der Waals surface area contributed by atoms with Crippen LogP contribution in [0, 0.1) is 0 Å². The van der Waals surface area contributed by atoms with Crippen molar-refractivity contribution >= 4 is 49.4 Å². The lowest BCUT2D eigenvalue weighted by Gasteiger charge is -2.13. The predicted octanol–water partition coefficient (Wildman–Crippen LogP) is 2.44. The summed E-state index contributed by atoms with van der Waals surface area (Å²) in [6.45, 7) is 0.518. The van der Waals surface area contributed by atoms with Gasteiger partial charge in [-0.15, -0.1) is 11.3 Å². The number of amides is 3. The van der Waals surface area contributed by atoms with Crippen molar-refractivity contribution in [3.63, 3.8) is 0 Å². The first-order chi connectivity index (χ1) is 12.5. The molecule has 0 spiro atoms. The molecule has 2 aromatic heterocycles. The summed E-state index contributed by atoms with van der Waals surface area (Å²) in [4.78, 5) is 42.9. The van der Waals surface area contributed by atoms with Crippen LogP contribution in [0.2, 0.25) is 0 Å². The van der Waals surface area contributed by atoms with Gasteiger partial charge in [0.2, 0.25) is 0 Å². The number of hydrogen-bond donors (Lipinski definition) is 1. The second kappa shape index (κ2) is 6.65. The highest BCUT2D eigenvalue weighted by molar-refractivity contribution is 9.10. The lowest BCUT2D eigenvalue weighted by molar-refractivity contribution is -0.128. The maximum Gasteiger partial charge on any atom is 0.324 e. The third-order valence-corrected chi connectivity index (χ3v) is 5.59. The number of benzene rings is 1. The molecular formula is C17H13BrN4O3S. The number of thiophene rings is 1. The molecule has 4 rings (SSSR count). The maximum atomic E-state index is 12.9. The van der Waals surface area contributed by atoms with Crippen LogP contribution in [0.5, 0.6) is 0 Å². The zero-order chi connectivity index (χ0) is 18.3. The molecule has 0 unspecified atom stereocenters. The number of hydrogen-bond acceptors (Lipinski definition) is 5. The van der Waals surface area contributed by atoms with Crippen LogP contribution >= 0.6 is 27.3 Å². The van der Waals surface area contributed by atoms with Crippen LogP contribution < -0.4 is 10.9 Å². The summed E-state index contributed by atoms with van der Waals surface area (Å²) in [5.41, 5.74) is 1.40. The lowest BCUT2D eigenvalue weighted by atomic mass is 10.1. The number of imide groups is 1. The first-order valence-corrected chi connectivity index (χ1v) is 9.52. The van der Waals surface area contributed by atoms with Crippen LogP contribution in [-0.4, -0.2) is 39.5 Å². The Morgan fingerprint density at radius 2 is 2.04 bits per heavy atom. The van der Waals surface area contributed by atoms with E-state index in [-0.39, 0.29) is 12.1 Å².